The summed E-state index contributed by atoms with van der Waals surface area (Å²) in [6.45, 7) is 2.24. The van der Waals surface area contributed by atoms with Crippen LogP contribution in [0.25, 0.3) is 0 Å². The van der Waals surface area contributed by atoms with Crippen molar-refractivity contribution in [2.45, 2.75) is 51.0 Å². The molecule has 120 valence electrons. The monoisotopic (exact) mass is 310 g/mol. The van der Waals surface area contributed by atoms with E-state index in [-0.39, 0.29) is 5.54 Å². The predicted octanol–water partition coefficient (Wildman–Crippen LogP) is 4.55. The van der Waals surface area contributed by atoms with Crippen molar-refractivity contribution in [3.8, 4) is 0 Å². The van der Waals surface area contributed by atoms with Crippen LogP contribution in [0.2, 0.25) is 0 Å². The summed E-state index contributed by atoms with van der Waals surface area (Å²) in [5.74, 6) is 0. The summed E-state index contributed by atoms with van der Waals surface area (Å²) < 4.78 is 17.2. The van der Waals surface area contributed by atoms with Crippen molar-refractivity contribution in [3.05, 3.63) is 35.9 Å². The second kappa shape index (κ2) is 10.1. The molecular formula is C17H30O3Si. The van der Waals surface area contributed by atoms with Gasteiger partial charge in [0.1, 0.15) is 0 Å². The molecule has 0 heterocycles. The Morgan fingerprint density at radius 2 is 1.43 bits per heavy atom. The second-order valence-corrected chi connectivity index (χ2v) is 8.51. The molecule has 0 aliphatic rings. The Labute approximate surface area is 131 Å². The van der Waals surface area contributed by atoms with E-state index in [0.717, 1.165) is 6.42 Å². The van der Waals surface area contributed by atoms with Crippen LogP contribution in [0.3, 0.4) is 0 Å². The predicted molar refractivity (Wildman–Crippen MR) is 89.3 cm³/mol. The van der Waals surface area contributed by atoms with Gasteiger partial charge in [-0.05, 0) is 12.0 Å². The van der Waals surface area contributed by atoms with Crippen LogP contribution < -0.4 is 0 Å². The molecule has 1 aromatic carbocycles. The fraction of sp³-hybridized carbons (Fsp3) is 0.647. The third-order valence-corrected chi connectivity index (χ3v) is 7.26. The Balaban J connectivity index is 2.80. The lowest BCUT2D eigenvalue weighted by atomic mass is 10.0. The van der Waals surface area contributed by atoms with E-state index in [1.807, 2.05) is 6.07 Å². The topological polar surface area (TPSA) is 27.7 Å². The number of unbranched alkanes of at least 4 members (excludes halogenated alkanes) is 4. The molecule has 0 saturated carbocycles. The molecule has 0 spiro atoms. The third-order valence-electron chi connectivity index (χ3n) is 4.08. The molecule has 0 aliphatic carbocycles. The number of rotatable bonds is 11. The molecule has 1 rings (SSSR count). The zero-order valence-electron chi connectivity index (χ0n) is 13.9. The summed E-state index contributed by atoms with van der Waals surface area (Å²) >= 11 is 0. The summed E-state index contributed by atoms with van der Waals surface area (Å²) in [6, 6.07) is 10.5. The summed E-state index contributed by atoms with van der Waals surface area (Å²) in [6.07, 6.45) is 7.39. The van der Waals surface area contributed by atoms with Gasteiger partial charge in [0.15, 0.2) is 0 Å². The van der Waals surface area contributed by atoms with Gasteiger partial charge < -0.3 is 13.3 Å². The maximum atomic E-state index is 5.73. The number of benzene rings is 1. The highest BCUT2D eigenvalue weighted by molar-refractivity contribution is 6.62. The van der Waals surface area contributed by atoms with Crippen molar-refractivity contribution in [2.75, 3.05) is 21.3 Å². The maximum absolute atomic E-state index is 5.73. The summed E-state index contributed by atoms with van der Waals surface area (Å²) in [5, 5.41) is 0. The van der Waals surface area contributed by atoms with Gasteiger partial charge in [-0.2, -0.15) is 0 Å². The molecule has 0 amide bonds. The van der Waals surface area contributed by atoms with Crippen LogP contribution >= 0.6 is 0 Å². The van der Waals surface area contributed by atoms with Crippen LogP contribution in [0.5, 0.6) is 0 Å². The van der Waals surface area contributed by atoms with Gasteiger partial charge in [0.2, 0.25) is 0 Å². The minimum Gasteiger partial charge on any atom is -0.376 e. The van der Waals surface area contributed by atoms with Crippen LogP contribution in [0, 0.1) is 0 Å². The Bertz CT molecular complexity index is 357. The minimum atomic E-state index is -2.66. The highest BCUT2D eigenvalue weighted by atomic mass is 28.4. The molecular weight excluding hydrogens is 280 g/mol. The molecule has 1 aromatic rings. The van der Waals surface area contributed by atoms with Gasteiger partial charge in [0, 0.05) is 21.3 Å². The third kappa shape index (κ3) is 5.22. The zero-order chi connectivity index (χ0) is 15.6. The molecule has 0 saturated heterocycles. The highest BCUT2D eigenvalue weighted by Gasteiger charge is 2.47. The van der Waals surface area contributed by atoms with E-state index in [1.165, 1.54) is 37.7 Å². The first kappa shape index (κ1) is 18.4. The molecule has 0 aromatic heterocycles. The van der Waals surface area contributed by atoms with Crippen molar-refractivity contribution < 1.29 is 13.3 Å². The lowest BCUT2D eigenvalue weighted by Crippen LogP contribution is -2.49. The van der Waals surface area contributed by atoms with Crippen LogP contribution in [0.15, 0.2) is 30.3 Å². The molecule has 21 heavy (non-hydrogen) atoms. The van der Waals surface area contributed by atoms with Crippen molar-refractivity contribution in [3.63, 3.8) is 0 Å². The SMILES string of the molecule is CCCCCCCC(c1ccccc1)[Si](OC)(OC)OC. The van der Waals surface area contributed by atoms with Gasteiger partial charge in [-0.3, -0.25) is 0 Å². The Morgan fingerprint density at radius 3 is 1.95 bits per heavy atom. The molecule has 1 unspecified atom stereocenters. The Hall–Kier alpha value is -0.683. The zero-order valence-corrected chi connectivity index (χ0v) is 14.9. The molecule has 0 bridgehead atoms. The van der Waals surface area contributed by atoms with E-state index in [4.69, 9.17) is 13.3 Å². The first-order chi connectivity index (χ1) is 10.2. The quantitative estimate of drug-likeness (QED) is 0.443. The maximum Gasteiger partial charge on any atom is 0.508 e. The van der Waals surface area contributed by atoms with E-state index in [2.05, 4.69) is 31.2 Å². The van der Waals surface area contributed by atoms with Gasteiger partial charge in [0.05, 0.1) is 5.54 Å². The molecule has 0 radical (unpaired) electrons. The molecule has 0 N–H and O–H groups in total. The summed E-state index contributed by atoms with van der Waals surface area (Å²) in [5.41, 5.74) is 1.46. The standard InChI is InChI=1S/C17H30O3Si/c1-5-6-7-8-12-15-17(16-13-10-9-11-14-16)21(18-2,19-3)20-4/h9-11,13-14,17H,5-8,12,15H2,1-4H3. The fourth-order valence-electron chi connectivity index (χ4n) is 2.86. The van der Waals surface area contributed by atoms with Gasteiger partial charge in [-0.25, -0.2) is 0 Å². The summed E-state index contributed by atoms with van der Waals surface area (Å²) in [7, 11) is 2.45. The van der Waals surface area contributed by atoms with Crippen LogP contribution in [0.4, 0.5) is 0 Å². The van der Waals surface area contributed by atoms with Crippen molar-refractivity contribution >= 4 is 8.80 Å². The number of hydrogen-bond acceptors (Lipinski definition) is 3. The first-order valence-corrected chi connectivity index (χ1v) is 9.74. The van der Waals surface area contributed by atoms with Gasteiger partial charge in [-0.1, -0.05) is 69.4 Å². The molecule has 4 heteroatoms. The van der Waals surface area contributed by atoms with Crippen LogP contribution in [-0.4, -0.2) is 30.1 Å². The second-order valence-electron chi connectivity index (χ2n) is 5.38. The van der Waals surface area contributed by atoms with E-state index >= 15 is 0 Å². The number of hydrogen-bond donors (Lipinski definition) is 0. The largest absolute Gasteiger partial charge is 0.508 e. The van der Waals surface area contributed by atoms with Gasteiger partial charge in [0.25, 0.3) is 0 Å². The lowest BCUT2D eigenvalue weighted by molar-refractivity contribution is 0.110. The average molecular weight is 311 g/mol. The molecule has 1 atom stereocenters. The molecule has 0 aliphatic heterocycles. The highest BCUT2D eigenvalue weighted by Crippen LogP contribution is 2.33. The average Bonchev–Trinajstić information content (AvgIpc) is 2.55. The lowest BCUT2D eigenvalue weighted by Gasteiger charge is -2.33. The van der Waals surface area contributed by atoms with Crippen molar-refractivity contribution in [2.24, 2.45) is 0 Å². The Morgan fingerprint density at radius 1 is 0.857 bits per heavy atom. The summed E-state index contributed by atoms with van der Waals surface area (Å²) in [4.78, 5) is 0. The van der Waals surface area contributed by atoms with E-state index in [9.17, 15) is 0 Å². The van der Waals surface area contributed by atoms with Crippen LogP contribution in [-0.2, 0) is 13.3 Å². The van der Waals surface area contributed by atoms with Crippen molar-refractivity contribution in [1.29, 1.82) is 0 Å². The smallest absolute Gasteiger partial charge is 0.376 e. The molecule has 3 nitrogen and oxygen atoms in total. The van der Waals surface area contributed by atoms with Gasteiger partial charge in [-0.15, -0.1) is 0 Å². The first-order valence-electron chi connectivity index (χ1n) is 7.94. The molecule has 0 fully saturated rings. The normalized spacial score (nSPS) is 13.3. The minimum absolute atomic E-state index is 0.209. The van der Waals surface area contributed by atoms with E-state index < -0.39 is 8.80 Å². The van der Waals surface area contributed by atoms with Gasteiger partial charge >= 0.3 is 8.80 Å². The van der Waals surface area contributed by atoms with Crippen molar-refractivity contribution in [1.82, 2.24) is 0 Å². The van der Waals surface area contributed by atoms with E-state index in [0.29, 0.717) is 0 Å². The fourth-order valence-corrected chi connectivity index (χ4v) is 5.37. The van der Waals surface area contributed by atoms with Crippen LogP contribution in [0.1, 0.15) is 56.6 Å². The van der Waals surface area contributed by atoms with E-state index in [1.54, 1.807) is 21.3 Å². The Kier molecular flexibility index (Phi) is 8.84.